The summed E-state index contributed by atoms with van der Waals surface area (Å²) in [6, 6.07) is 24.3. The Labute approximate surface area is 245 Å². The molecular formula is C32H32N6O3S. The van der Waals surface area contributed by atoms with Gasteiger partial charge in [0, 0.05) is 35.8 Å². The van der Waals surface area contributed by atoms with Gasteiger partial charge in [0.1, 0.15) is 5.75 Å². The Morgan fingerprint density at radius 3 is 2.64 bits per heavy atom. The van der Waals surface area contributed by atoms with Crippen molar-refractivity contribution in [3.63, 3.8) is 0 Å². The molecule has 0 saturated carbocycles. The Hall–Kier alpha value is -4.54. The highest BCUT2D eigenvalue weighted by Crippen LogP contribution is 2.39. The second-order valence-electron chi connectivity index (χ2n) is 10.4. The molecule has 214 valence electrons. The molecule has 2 aromatic heterocycles. The molecule has 10 heteroatoms. The quantitative estimate of drug-likeness (QED) is 0.197. The lowest BCUT2D eigenvalue weighted by Gasteiger charge is -2.23. The summed E-state index contributed by atoms with van der Waals surface area (Å²) < 4.78 is 35.3. The van der Waals surface area contributed by atoms with Gasteiger partial charge in [0.2, 0.25) is 21.9 Å². The molecule has 0 unspecified atom stereocenters. The number of aryl methyl sites for hydroxylation is 1. The van der Waals surface area contributed by atoms with Gasteiger partial charge in [-0.15, -0.1) is 0 Å². The van der Waals surface area contributed by atoms with Crippen LogP contribution in [0.1, 0.15) is 24.0 Å². The molecule has 1 aliphatic heterocycles. The largest absolute Gasteiger partial charge is 0.437 e. The van der Waals surface area contributed by atoms with E-state index >= 15 is 0 Å². The summed E-state index contributed by atoms with van der Waals surface area (Å²) in [7, 11) is -3.65. The van der Waals surface area contributed by atoms with Crippen LogP contribution in [0, 0.1) is 6.92 Å². The standard InChI is InChI=1S/C32H32N6O3S/c1-22-14-15-25-26(11-5-13-29(25)38-42(39,40)21-23-8-3-2-4-9-23)30(22)41-31-27(12-7-18-34-31)28-16-19-35-32(37-28)36-24-10-6-17-33-20-24/h2-5,7-9,11-16,18-19,24,33,38H,6,10,17,20-21H2,1H3,(H,35,36,37)/t24-/m0/s1. The van der Waals surface area contributed by atoms with E-state index in [1.54, 1.807) is 30.6 Å². The number of anilines is 2. The fourth-order valence-electron chi connectivity index (χ4n) is 5.16. The Morgan fingerprint density at radius 1 is 0.929 bits per heavy atom. The smallest absolute Gasteiger partial charge is 0.236 e. The summed E-state index contributed by atoms with van der Waals surface area (Å²) in [6.07, 6.45) is 5.58. The van der Waals surface area contributed by atoms with E-state index in [4.69, 9.17) is 9.72 Å². The number of nitrogens with zero attached hydrogens (tertiary/aromatic N) is 3. The van der Waals surface area contributed by atoms with E-state index in [2.05, 4.69) is 25.3 Å². The number of fused-ring (bicyclic) bond motifs is 1. The molecule has 1 atom stereocenters. The van der Waals surface area contributed by atoms with E-state index in [1.807, 2.05) is 67.6 Å². The summed E-state index contributed by atoms with van der Waals surface area (Å²) in [6.45, 7) is 3.86. The van der Waals surface area contributed by atoms with E-state index in [0.29, 0.717) is 34.5 Å². The van der Waals surface area contributed by atoms with Gasteiger partial charge in [-0.2, -0.15) is 0 Å². The minimum atomic E-state index is -3.65. The summed E-state index contributed by atoms with van der Waals surface area (Å²) in [5.74, 6) is 1.43. The normalized spacial score (nSPS) is 15.3. The first-order valence-electron chi connectivity index (χ1n) is 14.0. The van der Waals surface area contributed by atoms with Crippen molar-refractivity contribution < 1.29 is 13.2 Å². The monoisotopic (exact) mass is 580 g/mol. The van der Waals surface area contributed by atoms with Gasteiger partial charge >= 0.3 is 0 Å². The summed E-state index contributed by atoms with van der Waals surface area (Å²) in [4.78, 5) is 13.7. The number of aromatic nitrogens is 3. The zero-order chi connectivity index (χ0) is 28.9. The van der Waals surface area contributed by atoms with Crippen LogP contribution < -0.4 is 20.1 Å². The van der Waals surface area contributed by atoms with Crippen molar-refractivity contribution in [2.75, 3.05) is 23.1 Å². The van der Waals surface area contributed by atoms with Crippen LogP contribution in [0.3, 0.4) is 0 Å². The number of piperidine rings is 1. The van der Waals surface area contributed by atoms with Crippen molar-refractivity contribution in [3.05, 3.63) is 102 Å². The molecule has 3 aromatic carbocycles. The Balaban J connectivity index is 1.30. The molecule has 1 fully saturated rings. The average Bonchev–Trinajstić information content (AvgIpc) is 3.00. The molecule has 1 aliphatic rings. The first-order valence-corrected chi connectivity index (χ1v) is 15.6. The van der Waals surface area contributed by atoms with Gasteiger partial charge in [-0.25, -0.2) is 23.4 Å². The Morgan fingerprint density at radius 2 is 1.81 bits per heavy atom. The molecule has 0 aliphatic carbocycles. The van der Waals surface area contributed by atoms with Crippen LogP contribution in [0.4, 0.5) is 11.6 Å². The van der Waals surface area contributed by atoms with Crippen molar-refractivity contribution >= 4 is 32.4 Å². The molecule has 9 nitrogen and oxygen atoms in total. The van der Waals surface area contributed by atoms with Crippen molar-refractivity contribution in [2.45, 2.75) is 31.6 Å². The van der Waals surface area contributed by atoms with Crippen molar-refractivity contribution in [3.8, 4) is 22.9 Å². The van der Waals surface area contributed by atoms with E-state index < -0.39 is 10.0 Å². The third-order valence-electron chi connectivity index (χ3n) is 7.21. The maximum Gasteiger partial charge on any atom is 0.236 e. The minimum absolute atomic E-state index is 0.121. The van der Waals surface area contributed by atoms with Crippen molar-refractivity contribution in [1.29, 1.82) is 0 Å². The number of ether oxygens (including phenoxy) is 1. The summed E-state index contributed by atoms with van der Waals surface area (Å²) in [5.41, 5.74) is 3.50. The van der Waals surface area contributed by atoms with Crippen LogP contribution in [0.15, 0.2) is 91.3 Å². The lowest BCUT2D eigenvalue weighted by molar-refractivity contribution is 0.466. The molecule has 0 spiro atoms. The van der Waals surface area contributed by atoms with Gasteiger partial charge in [-0.05, 0) is 61.7 Å². The fraction of sp³-hybridized carbons (Fsp3) is 0.219. The van der Waals surface area contributed by atoms with Crippen molar-refractivity contribution in [2.24, 2.45) is 0 Å². The number of sulfonamides is 1. The highest BCUT2D eigenvalue weighted by molar-refractivity contribution is 7.91. The first-order chi connectivity index (χ1) is 20.4. The lowest BCUT2D eigenvalue weighted by atomic mass is 10.0. The zero-order valence-electron chi connectivity index (χ0n) is 23.2. The van der Waals surface area contributed by atoms with Crippen LogP contribution >= 0.6 is 0 Å². The lowest BCUT2D eigenvalue weighted by Crippen LogP contribution is -2.38. The first kappa shape index (κ1) is 27.6. The van der Waals surface area contributed by atoms with Crippen LogP contribution in [0.5, 0.6) is 11.6 Å². The SMILES string of the molecule is Cc1ccc2c(NS(=O)(=O)Cc3ccccc3)cccc2c1Oc1ncccc1-c1ccnc(N[C@H]2CCCNC2)n1. The second kappa shape index (κ2) is 12.1. The Kier molecular flexibility index (Phi) is 7.98. The minimum Gasteiger partial charge on any atom is -0.437 e. The average molecular weight is 581 g/mol. The molecule has 5 aromatic rings. The molecule has 1 saturated heterocycles. The van der Waals surface area contributed by atoms with Gasteiger partial charge in [-0.3, -0.25) is 4.72 Å². The van der Waals surface area contributed by atoms with Gasteiger partial charge in [0.25, 0.3) is 0 Å². The van der Waals surface area contributed by atoms with E-state index in [0.717, 1.165) is 47.8 Å². The molecule has 0 radical (unpaired) electrons. The Bertz CT molecular complexity index is 1810. The van der Waals surface area contributed by atoms with E-state index in [-0.39, 0.29) is 11.8 Å². The van der Waals surface area contributed by atoms with Gasteiger partial charge in [-0.1, -0.05) is 54.6 Å². The molecule has 3 heterocycles. The number of benzene rings is 3. The van der Waals surface area contributed by atoms with Crippen LogP contribution in [0.2, 0.25) is 0 Å². The van der Waals surface area contributed by atoms with Crippen LogP contribution in [0.25, 0.3) is 22.0 Å². The van der Waals surface area contributed by atoms with Crippen molar-refractivity contribution in [1.82, 2.24) is 20.3 Å². The third kappa shape index (κ3) is 6.35. The number of hydrogen-bond donors (Lipinski definition) is 3. The third-order valence-corrected chi connectivity index (χ3v) is 8.45. The molecular weight excluding hydrogens is 548 g/mol. The molecule has 0 bridgehead atoms. The number of rotatable bonds is 9. The molecule has 6 rings (SSSR count). The number of pyridine rings is 1. The molecule has 42 heavy (non-hydrogen) atoms. The fourth-order valence-corrected chi connectivity index (χ4v) is 6.38. The predicted octanol–water partition coefficient (Wildman–Crippen LogP) is 5.90. The van der Waals surface area contributed by atoms with Gasteiger partial charge in [0.15, 0.2) is 0 Å². The van der Waals surface area contributed by atoms with E-state index in [1.165, 1.54) is 0 Å². The maximum absolute atomic E-state index is 13.0. The molecule has 0 amide bonds. The zero-order valence-corrected chi connectivity index (χ0v) is 24.1. The summed E-state index contributed by atoms with van der Waals surface area (Å²) >= 11 is 0. The number of hydrogen-bond acceptors (Lipinski definition) is 8. The summed E-state index contributed by atoms with van der Waals surface area (Å²) in [5, 5.41) is 8.32. The van der Waals surface area contributed by atoms with E-state index in [9.17, 15) is 8.42 Å². The number of nitrogens with one attached hydrogen (secondary N) is 3. The van der Waals surface area contributed by atoms with Crippen LogP contribution in [-0.2, 0) is 15.8 Å². The highest BCUT2D eigenvalue weighted by Gasteiger charge is 2.19. The van der Waals surface area contributed by atoms with Gasteiger partial charge in [0.05, 0.1) is 22.7 Å². The topological polar surface area (TPSA) is 118 Å². The van der Waals surface area contributed by atoms with Gasteiger partial charge < -0.3 is 15.4 Å². The maximum atomic E-state index is 13.0. The highest BCUT2D eigenvalue weighted by atomic mass is 32.2. The predicted molar refractivity (Wildman–Crippen MR) is 166 cm³/mol. The second-order valence-corrected chi connectivity index (χ2v) is 12.1. The van der Waals surface area contributed by atoms with Crippen LogP contribution in [-0.4, -0.2) is 42.5 Å². The molecule has 3 N–H and O–H groups in total.